The Hall–Kier alpha value is -2.31. The summed E-state index contributed by atoms with van der Waals surface area (Å²) in [5, 5.41) is 15.0. The average Bonchev–Trinajstić information content (AvgIpc) is 2.64. The van der Waals surface area contributed by atoms with Crippen molar-refractivity contribution in [1.82, 2.24) is 5.32 Å². The first kappa shape index (κ1) is 20.0. The zero-order valence-electron chi connectivity index (χ0n) is 14.9. The van der Waals surface area contributed by atoms with Gasteiger partial charge in [0.2, 0.25) is 5.91 Å². The van der Waals surface area contributed by atoms with Gasteiger partial charge in [-0.2, -0.15) is 0 Å². The van der Waals surface area contributed by atoms with Gasteiger partial charge in [-0.15, -0.1) is 0 Å². The molecule has 1 amide bonds. The van der Waals surface area contributed by atoms with Crippen LogP contribution in [-0.2, 0) is 9.59 Å². The molecule has 0 aliphatic heterocycles. The molecular weight excluding hydrogens is 348 g/mol. The number of nitrogens with one attached hydrogen (secondary N) is 2. The van der Waals surface area contributed by atoms with Crippen molar-refractivity contribution in [2.24, 2.45) is 5.92 Å². The van der Waals surface area contributed by atoms with Crippen LogP contribution >= 0.6 is 11.8 Å². The third-order valence-corrected chi connectivity index (χ3v) is 5.18. The van der Waals surface area contributed by atoms with Gasteiger partial charge in [0.25, 0.3) is 0 Å². The molecule has 26 heavy (non-hydrogen) atoms. The maximum Gasteiger partial charge on any atom is 0.320 e. The number of rotatable bonds is 9. The molecule has 0 aliphatic rings. The fourth-order valence-corrected chi connectivity index (χ4v) is 3.36. The van der Waals surface area contributed by atoms with Crippen LogP contribution in [0.4, 0.5) is 5.69 Å². The van der Waals surface area contributed by atoms with Gasteiger partial charge in [-0.3, -0.25) is 14.9 Å². The van der Waals surface area contributed by atoms with E-state index >= 15 is 0 Å². The Morgan fingerprint density at radius 2 is 1.73 bits per heavy atom. The summed E-state index contributed by atoms with van der Waals surface area (Å²) in [6, 6.07) is 16.7. The highest BCUT2D eigenvalue weighted by Gasteiger charge is 2.23. The van der Waals surface area contributed by atoms with Crippen LogP contribution in [0.15, 0.2) is 64.4 Å². The van der Waals surface area contributed by atoms with E-state index in [-0.39, 0.29) is 18.4 Å². The molecule has 2 aromatic carbocycles. The first-order valence-corrected chi connectivity index (χ1v) is 9.41. The van der Waals surface area contributed by atoms with Crippen LogP contribution in [0.25, 0.3) is 0 Å². The molecule has 0 heterocycles. The molecule has 0 unspecified atom stereocenters. The molecule has 0 bridgehead atoms. The molecule has 2 aromatic rings. The van der Waals surface area contributed by atoms with Crippen LogP contribution in [0.1, 0.15) is 20.3 Å². The maximum absolute atomic E-state index is 12.3. The van der Waals surface area contributed by atoms with E-state index in [0.717, 1.165) is 16.2 Å². The smallest absolute Gasteiger partial charge is 0.320 e. The molecule has 2 rings (SSSR count). The summed E-state index contributed by atoms with van der Waals surface area (Å²) in [6.45, 7) is 3.74. The molecule has 5 nitrogen and oxygen atoms in total. The van der Waals surface area contributed by atoms with Crippen molar-refractivity contribution in [2.45, 2.75) is 36.1 Å². The third-order valence-electron chi connectivity index (χ3n) is 4.09. The van der Waals surface area contributed by atoms with E-state index in [0.29, 0.717) is 5.69 Å². The number of hydrogen-bond acceptors (Lipinski definition) is 4. The van der Waals surface area contributed by atoms with Gasteiger partial charge in [0.15, 0.2) is 0 Å². The molecule has 0 aliphatic carbocycles. The molecule has 3 N–H and O–H groups in total. The second-order valence-electron chi connectivity index (χ2n) is 6.04. The van der Waals surface area contributed by atoms with Crippen molar-refractivity contribution in [2.75, 3.05) is 11.9 Å². The van der Waals surface area contributed by atoms with E-state index in [4.69, 9.17) is 0 Å². The van der Waals surface area contributed by atoms with Gasteiger partial charge in [0, 0.05) is 9.79 Å². The van der Waals surface area contributed by atoms with Crippen LogP contribution in [0.3, 0.4) is 0 Å². The summed E-state index contributed by atoms with van der Waals surface area (Å²) in [5.41, 5.74) is 0.712. The summed E-state index contributed by atoms with van der Waals surface area (Å²) < 4.78 is 0. The fourth-order valence-electron chi connectivity index (χ4n) is 2.44. The highest BCUT2D eigenvalue weighted by Crippen LogP contribution is 2.33. The second kappa shape index (κ2) is 9.99. The Morgan fingerprint density at radius 1 is 1.08 bits per heavy atom. The molecule has 0 saturated heterocycles. The molecule has 138 valence electrons. The Morgan fingerprint density at radius 3 is 2.38 bits per heavy atom. The van der Waals surface area contributed by atoms with Crippen molar-refractivity contribution in [3.05, 3.63) is 54.6 Å². The predicted molar refractivity (Wildman–Crippen MR) is 105 cm³/mol. The molecule has 0 radical (unpaired) electrons. The largest absolute Gasteiger partial charge is 0.480 e. The number of carboxylic acid groups (broad SMARTS) is 1. The zero-order chi connectivity index (χ0) is 18.9. The summed E-state index contributed by atoms with van der Waals surface area (Å²) in [4.78, 5) is 25.6. The lowest BCUT2D eigenvalue weighted by atomic mass is 9.99. The first-order chi connectivity index (χ1) is 12.5. The van der Waals surface area contributed by atoms with Gasteiger partial charge in [-0.05, 0) is 30.2 Å². The van der Waals surface area contributed by atoms with Crippen molar-refractivity contribution in [1.29, 1.82) is 0 Å². The normalized spacial score (nSPS) is 13.0. The monoisotopic (exact) mass is 372 g/mol. The van der Waals surface area contributed by atoms with Crippen LogP contribution in [0, 0.1) is 5.92 Å². The average molecular weight is 372 g/mol. The predicted octanol–water partition coefficient (Wildman–Crippen LogP) is 3.87. The zero-order valence-corrected chi connectivity index (χ0v) is 15.8. The Bertz CT molecular complexity index is 737. The summed E-state index contributed by atoms with van der Waals surface area (Å²) >= 11 is 1.56. The first-order valence-electron chi connectivity index (χ1n) is 8.59. The fraction of sp³-hybridized carbons (Fsp3) is 0.300. The standard InChI is InChI=1S/C20H24N2O3S/c1-3-14(2)19(20(24)25)21-13-18(23)22-16-11-7-8-12-17(16)26-15-9-5-4-6-10-15/h4-12,14,19,21H,3,13H2,1-2H3,(H,22,23)(H,24,25)/t14-,19-/m0/s1. The highest BCUT2D eigenvalue weighted by atomic mass is 32.2. The maximum atomic E-state index is 12.3. The van der Waals surface area contributed by atoms with Crippen molar-refractivity contribution < 1.29 is 14.7 Å². The van der Waals surface area contributed by atoms with Crippen molar-refractivity contribution in [3.8, 4) is 0 Å². The number of aliphatic carboxylic acids is 1. The SMILES string of the molecule is CC[C@H](C)[C@H](NCC(=O)Nc1ccccc1Sc1ccccc1)C(=O)O. The molecule has 2 atom stereocenters. The molecule has 0 fully saturated rings. The van der Waals surface area contributed by atoms with E-state index in [1.165, 1.54) is 0 Å². The van der Waals surface area contributed by atoms with Gasteiger partial charge < -0.3 is 10.4 Å². The molecule has 0 saturated carbocycles. The van der Waals surface area contributed by atoms with Gasteiger partial charge >= 0.3 is 5.97 Å². The van der Waals surface area contributed by atoms with Gasteiger partial charge in [-0.1, -0.05) is 62.4 Å². The van der Waals surface area contributed by atoms with Crippen LogP contribution in [-0.4, -0.2) is 29.6 Å². The second-order valence-corrected chi connectivity index (χ2v) is 7.16. The lowest BCUT2D eigenvalue weighted by Gasteiger charge is -2.20. The molecule has 6 heteroatoms. The Labute approximate surface area is 158 Å². The third kappa shape index (κ3) is 5.89. The number of carboxylic acids is 1. The minimum absolute atomic E-state index is 0.0500. The minimum Gasteiger partial charge on any atom is -0.480 e. The van der Waals surface area contributed by atoms with Crippen LogP contribution in [0.2, 0.25) is 0 Å². The number of anilines is 1. The van der Waals surface area contributed by atoms with E-state index in [9.17, 15) is 14.7 Å². The van der Waals surface area contributed by atoms with Crippen molar-refractivity contribution >= 4 is 29.3 Å². The number of hydrogen-bond donors (Lipinski definition) is 3. The van der Waals surface area contributed by atoms with E-state index in [2.05, 4.69) is 10.6 Å². The number of carbonyl (C=O) groups is 2. The van der Waals surface area contributed by atoms with E-state index < -0.39 is 12.0 Å². The Balaban J connectivity index is 2.00. The number of amides is 1. The lowest BCUT2D eigenvalue weighted by molar-refractivity contribution is -0.140. The molecular formula is C20H24N2O3S. The van der Waals surface area contributed by atoms with Gasteiger partial charge in [-0.25, -0.2) is 0 Å². The number of benzene rings is 2. The lowest BCUT2D eigenvalue weighted by Crippen LogP contribution is -2.45. The van der Waals surface area contributed by atoms with Gasteiger partial charge in [0.1, 0.15) is 6.04 Å². The topological polar surface area (TPSA) is 78.4 Å². The summed E-state index contributed by atoms with van der Waals surface area (Å²) in [6.07, 6.45) is 0.724. The van der Waals surface area contributed by atoms with E-state index in [1.54, 1.807) is 11.8 Å². The van der Waals surface area contributed by atoms with Gasteiger partial charge in [0.05, 0.1) is 12.2 Å². The summed E-state index contributed by atoms with van der Waals surface area (Å²) in [7, 11) is 0. The van der Waals surface area contributed by atoms with Crippen molar-refractivity contribution in [3.63, 3.8) is 0 Å². The highest BCUT2D eigenvalue weighted by molar-refractivity contribution is 7.99. The number of carbonyl (C=O) groups excluding carboxylic acids is 1. The summed E-state index contributed by atoms with van der Waals surface area (Å²) in [5.74, 6) is -1.26. The van der Waals surface area contributed by atoms with E-state index in [1.807, 2.05) is 68.4 Å². The number of para-hydroxylation sites is 1. The van der Waals surface area contributed by atoms with Crippen LogP contribution in [0.5, 0.6) is 0 Å². The van der Waals surface area contributed by atoms with Crippen LogP contribution < -0.4 is 10.6 Å². The Kier molecular flexibility index (Phi) is 7.69. The molecule has 0 spiro atoms. The quantitative estimate of drug-likeness (QED) is 0.623. The molecule has 0 aromatic heterocycles. The minimum atomic E-state index is -0.938.